The van der Waals surface area contributed by atoms with Crippen LogP contribution < -0.4 is 5.43 Å². The molecule has 1 aliphatic heterocycles. The maximum atomic E-state index is 12.7. The van der Waals surface area contributed by atoms with Gasteiger partial charge in [0.1, 0.15) is 0 Å². The Bertz CT molecular complexity index is 1010. The quantitative estimate of drug-likeness (QED) is 0.357. The second kappa shape index (κ2) is 10.6. The lowest BCUT2D eigenvalue weighted by atomic mass is 10.0. The molecule has 3 rings (SSSR count). The van der Waals surface area contributed by atoms with Crippen molar-refractivity contribution in [2.45, 2.75) is 25.9 Å². The molecule has 1 heterocycles. The average Bonchev–Trinajstić information content (AvgIpc) is 3.14. The summed E-state index contributed by atoms with van der Waals surface area (Å²) >= 11 is 11.6. The van der Waals surface area contributed by atoms with Crippen LogP contribution in [-0.4, -0.2) is 47.1 Å². The van der Waals surface area contributed by atoms with Crippen molar-refractivity contribution in [3.8, 4) is 0 Å². The smallest absolute Gasteiger partial charge is 0.312 e. The van der Waals surface area contributed by atoms with Crippen LogP contribution in [0.25, 0.3) is 0 Å². The fourth-order valence-corrected chi connectivity index (χ4v) is 3.57. The molecule has 0 bridgehead atoms. The topological polar surface area (TPSA) is 92.8 Å². The zero-order valence-electron chi connectivity index (χ0n) is 17.3. The minimum atomic E-state index is -1.08. The van der Waals surface area contributed by atoms with Crippen LogP contribution >= 0.6 is 23.2 Å². The molecule has 2 amide bonds. The van der Waals surface area contributed by atoms with Crippen LogP contribution in [0.1, 0.15) is 39.1 Å². The van der Waals surface area contributed by atoms with Gasteiger partial charge in [0.05, 0.1) is 12.5 Å². The molecule has 1 N–H and O–H groups in total. The Balaban J connectivity index is 1.61. The number of halogens is 2. The summed E-state index contributed by atoms with van der Waals surface area (Å²) in [6.07, 6.45) is -1.08. The number of carbonyl (C=O) groups excluding carboxylic acids is 4. The summed E-state index contributed by atoms with van der Waals surface area (Å²) in [4.78, 5) is 50.1. The van der Waals surface area contributed by atoms with E-state index in [0.29, 0.717) is 16.1 Å². The Morgan fingerprint density at radius 1 is 1.09 bits per heavy atom. The number of esters is 1. The summed E-state index contributed by atoms with van der Waals surface area (Å²) in [6.45, 7) is 1.86. The molecule has 0 spiro atoms. The summed E-state index contributed by atoms with van der Waals surface area (Å²) in [5.41, 5.74) is 4.25. The van der Waals surface area contributed by atoms with Crippen LogP contribution in [0.5, 0.6) is 0 Å². The van der Waals surface area contributed by atoms with Gasteiger partial charge in [0.15, 0.2) is 6.10 Å². The van der Waals surface area contributed by atoms with Crippen LogP contribution in [0.2, 0.25) is 5.02 Å². The first-order chi connectivity index (χ1) is 15.3. The van der Waals surface area contributed by atoms with Crippen molar-refractivity contribution in [2.24, 2.45) is 5.92 Å². The maximum Gasteiger partial charge on any atom is 0.312 e. The number of aryl methyl sites for hydroxylation is 1. The molecule has 0 aromatic heterocycles. The van der Waals surface area contributed by atoms with Crippen LogP contribution in [-0.2, 0) is 14.3 Å². The van der Waals surface area contributed by atoms with Gasteiger partial charge in [-0.05, 0) is 43.3 Å². The molecule has 2 aromatic rings. The Labute approximate surface area is 195 Å². The van der Waals surface area contributed by atoms with Gasteiger partial charge in [0, 0.05) is 34.9 Å². The third kappa shape index (κ3) is 5.87. The highest BCUT2D eigenvalue weighted by Gasteiger charge is 2.38. The van der Waals surface area contributed by atoms with E-state index in [4.69, 9.17) is 27.9 Å². The number of hydrogen-bond donors (Lipinski definition) is 1. The highest BCUT2D eigenvalue weighted by Crippen LogP contribution is 2.21. The second-order valence-corrected chi connectivity index (χ2v) is 8.30. The number of benzene rings is 2. The number of nitrogens with zero attached hydrogens (tertiary/aromatic N) is 1. The molecule has 7 nitrogen and oxygen atoms in total. The number of ketones is 1. The summed E-state index contributed by atoms with van der Waals surface area (Å²) in [5, 5.41) is 1.58. The summed E-state index contributed by atoms with van der Waals surface area (Å²) in [6, 6.07) is 13.1. The first kappa shape index (κ1) is 23.8. The van der Waals surface area contributed by atoms with E-state index in [2.05, 4.69) is 5.43 Å². The van der Waals surface area contributed by atoms with Crippen molar-refractivity contribution < 1.29 is 23.9 Å². The third-order valence-electron chi connectivity index (χ3n) is 5.06. The second-order valence-electron chi connectivity index (χ2n) is 7.49. The lowest BCUT2D eigenvalue weighted by Gasteiger charge is -2.19. The van der Waals surface area contributed by atoms with Gasteiger partial charge >= 0.3 is 5.97 Å². The van der Waals surface area contributed by atoms with Crippen LogP contribution in [0.4, 0.5) is 0 Å². The van der Waals surface area contributed by atoms with Gasteiger partial charge in [-0.2, -0.15) is 0 Å². The van der Waals surface area contributed by atoms with Crippen molar-refractivity contribution in [1.29, 1.82) is 0 Å². The summed E-state index contributed by atoms with van der Waals surface area (Å²) in [5.74, 6) is -2.65. The molecule has 2 aromatic carbocycles. The van der Waals surface area contributed by atoms with Crippen molar-refractivity contribution in [1.82, 2.24) is 10.4 Å². The molecule has 0 radical (unpaired) electrons. The molecular weight excluding hydrogens is 455 g/mol. The standard InChI is InChI=1S/C23H22Cl2N2O5/c1-14-2-4-16(5-3-14)22(30)26-27-13-17(12-20(27)28)23(31)32-19(10-11-24)21(29)15-6-8-18(25)9-7-15/h2-9,17,19H,10-13H2,1H3,(H,26,30)/t17-,19-/m0/s1. The lowest BCUT2D eigenvalue weighted by Crippen LogP contribution is -2.43. The molecule has 0 aliphatic carbocycles. The number of hydrogen-bond acceptors (Lipinski definition) is 5. The number of Topliss-reactive ketones (excluding diaryl/α,β-unsaturated/α-hetero) is 1. The Kier molecular flexibility index (Phi) is 7.88. The number of alkyl halides is 1. The van der Waals surface area contributed by atoms with Gasteiger partial charge in [0.25, 0.3) is 5.91 Å². The first-order valence-corrected chi connectivity index (χ1v) is 10.9. The fraction of sp³-hybridized carbons (Fsp3) is 0.304. The van der Waals surface area contributed by atoms with E-state index in [1.807, 2.05) is 6.92 Å². The van der Waals surface area contributed by atoms with Crippen molar-refractivity contribution >= 4 is 46.8 Å². The maximum absolute atomic E-state index is 12.7. The molecule has 32 heavy (non-hydrogen) atoms. The number of hydrazine groups is 1. The lowest BCUT2D eigenvalue weighted by molar-refractivity contribution is -0.151. The fourth-order valence-electron chi connectivity index (χ4n) is 3.24. The summed E-state index contributed by atoms with van der Waals surface area (Å²) in [7, 11) is 0. The number of rotatable bonds is 8. The third-order valence-corrected chi connectivity index (χ3v) is 5.53. The van der Waals surface area contributed by atoms with Gasteiger partial charge in [-0.3, -0.25) is 29.6 Å². The number of amides is 2. The van der Waals surface area contributed by atoms with Crippen molar-refractivity contribution in [2.75, 3.05) is 12.4 Å². The molecule has 1 aliphatic rings. The normalized spacial score (nSPS) is 16.5. The molecule has 9 heteroatoms. The molecule has 1 saturated heterocycles. The largest absolute Gasteiger partial charge is 0.454 e. The van der Waals surface area contributed by atoms with Gasteiger partial charge < -0.3 is 4.74 Å². The molecule has 1 fully saturated rings. The predicted octanol–water partition coefficient (Wildman–Crippen LogP) is 3.57. The number of ether oxygens (including phenoxy) is 1. The molecule has 168 valence electrons. The predicted molar refractivity (Wildman–Crippen MR) is 119 cm³/mol. The molecule has 2 atom stereocenters. The number of nitrogens with one attached hydrogen (secondary N) is 1. The van der Waals surface area contributed by atoms with Gasteiger partial charge in [-0.25, -0.2) is 0 Å². The zero-order valence-corrected chi connectivity index (χ0v) is 18.9. The van der Waals surface area contributed by atoms with E-state index in [9.17, 15) is 19.2 Å². The zero-order chi connectivity index (χ0) is 23.3. The van der Waals surface area contributed by atoms with Crippen molar-refractivity contribution in [3.05, 3.63) is 70.2 Å². The minimum Gasteiger partial charge on any atom is -0.454 e. The Morgan fingerprint density at radius 3 is 2.34 bits per heavy atom. The van der Waals surface area contributed by atoms with E-state index in [1.165, 1.54) is 0 Å². The summed E-state index contributed by atoms with van der Waals surface area (Å²) < 4.78 is 5.42. The van der Waals surface area contributed by atoms with Crippen LogP contribution in [0.15, 0.2) is 48.5 Å². The first-order valence-electron chi connectivity index (χ1n) is 10.0. The van der Waals surface area contributed by atoms with Crippen molar-refractivity contribution in [3.63, 3.8) is 0 Å². The van der Waals surface area contributed by atoms with Crippen LogP contribution in [0, 0.1) is 12.8 Å². The van der Waals surface area contributed by atoms with E-state index in [1.54, 1.807) is 48.5 Å². The molecular formula is C23H22Cl2N2O5. The molecule has 0 saturated carbocycles. The molecule has 0 unspecified atom stereocenters. The van der Waals surface area contributed by atoms with Gasteiger partial charge in [0.2, 0.25) is 11.7 Å². The van der Waals surface area contributed by atoms with Gasteiger partial charge in [-0.1, -0.05) is 29.3 Å². The SMILES string of the molecule is Cc1ccc(C(=O)NN2C[C@@H](C(=O)O[C@@H](CCCl)C(=O)c3ccc(Cl)cc3)CC2=O)cc1. The van der Waals surface area contributed by atoms with E-state index in [0.717, 1.165) is 10.6 Å². The highest BCUT2D eigenvalue weighted by atomic mass is 35.5. The highest BCUT2D eigenvalue weighted by molar-refractivity contribution is 6.30. The average molecular weight is 477 g/mol. The van der Waals surface area contributed by atoms with Gasteiger partial charge in [-0.15, -0.1) is 11.6 Å². The minimum absolute atomic E-state index is 0.0437. The van der Waals surface area contributed by atoms with E-state index >= 15 is 0 Å². The Morgan fingerprint density at radius 2 is 1.72 bits per heavy atom. The van der Waals surface area contributed by atoms with E-state index in [-0.39, 0.29) is 25.3 Å². The number of carbonyl (C=O) groups is 4. The van der Waals surface area contributed by atoms with Crippen LogP contribution in [0.3, 0.4) is 0 Å². The Hall–Kier alpha value is -2.90. The van der Waals surface area contributed by atoms with E-state index < -0.39 is 35.6 Å². The monoisotopic (exact) mass is 476 g/mol.